The third-order valence-electron chi connectivity index (χ3n) is 7.95. The summed E-state index contributed by atoms with van der Waals surface area (Å²) in [5.74, 6) is 0.559. The molecule has 0 aromatic heterocycles. The monoisotopic (exact) mass is 439 g/mol. The number of rotatable bonds is 3. The molecular weight excluding hydrogens is 410 g/mol. The van der Waals surface area contributed by atoms with Gasteiger partial charge < -0.3 is 19.5 Å². The van der Waals surface area contributed by atoms with Gasteiger partial charge >= 0.3 is 0 Å². The van der Waals surface area contributed by atoms with Crippen molar-refractivity contribution in [3.8, 4) is 5.75 Å². The van der Waals surface area contributed by atoms with Crippen LogP contribution in [0.4, 0.5) is 5.69 Å². The summed E-state index contributed by atoms with van der Waals surface area (Å²) in [5, 5.41) is 10.1. The van der Waals surface area contributed by atoms with E-state index in [0.717, 1.165) is 50.6 Å². The number of phenols is 1. The number of carbonyl (C=O) groups is 1. The van der Waals surface area contributed by atoms with E-state index in [4.69, 9.17) is 4.74 Å². The summed E-state index contributed by atoms with van der Waals surface area (Å²) in [4.78, 5) is 13.5. The second-order valence-corrected chi connectivity index (χ2v) is 9.70. The molecule has 33 heavy (non-hydrogen) atoms. The van der Waals surface area contributed by atoms with E-state index in [-0.39, 0.29) is 23.2 Å². The van der Waals surface area contributed by atoms with Crippen LogP contribution in [-0.4, -0.2) is 24.5 Å². The van der Waals surface area contributed by atoms with Gasteiger partial charge in [-0.3, -0.25) is 0 Å². The molecule has 3 aliphatic rings. The predicted octanol–water partition coefficient (Wildman–Crippen LogP) is 5.31. The molecule has 3 aromatic carbocycles. The van der Waals surface area contributed by atoms with Crippen molar-refractivity contribution >= 4 is 12.0 Å². The Bertz CT molecular complexity index is 1180. The van der Waals surface area contributed by atoms with Gasteiger partial charge in [-0.25, -0.2) is 0 Å². The molecule has 4 nitrogen and oxygen atoms in total. The lowest BCUT2D eigenvalue weighted by atomic mass is 9.71. The van der Waals surface area contributed by atoms with Crippen molar-refractivity contribution in [1.29, 1.82) is 0 Å². The molecule has 0 saturated carbocycles. The molecule has 1 saturated heterocycles. The predicted molar refractivity (Wildman–Crippen MR) is 129 cm³/mol. The van der Waals surface area contributed by atoms with Crippen LogP contribution in [0.5, 0.6) is 5.75 Å². The van der Waals surface area contributed by atoms with Gasteiger partial charge in [0.15, 0.2) is 0 Å². The average molecular weight is 440 g/mol. The number of aldehydes is 1. The molecule has 4 heteroatoms. The number of benzene rings is 3. The van der Waals surface area contributed by atoms with Crippen LogP contribution in [0, 0.1) is 5.92 Å². The minimum Gasteiger partial charge on any atom is -0.508 e. The van der Waals surface area contributed by atoms with E-state index < -0.39 is 0 Å². The van der Waals surface area contributed by atoms with Crippen LogP contribution in [0.1, 0.15) is 53.0 Å². The first-order valence-electron chi connectivity index (χ1n) is 12.0. The molecule has 1 fully saturated rings. The molecule has 2 heterocycles. The first kappa shape index (κ1) is 20.5. The van der Waals surface area contributed by atoms with Crippen LogP contribution in [0.25, 0.3) is 0 Å². The van der Waals surface area contributed by atoms with Gasteiger partial charge in [0.1, 0.15) is 17.6 Å². The molecule has 0 unspecified atom stereocenters. The Morgan fingerprint density at radius 3 is 2.55 bits per heavy atom. The summed E-state index contributed by atoms with van der Waals surface area (Å²) in [6.45, 7) is 2.36. The summed E-state index contributed by atoms with van der Waals surface area (Å²) in [7, 11) is 0. The third-order valence-corrected chi connectivity index (χ3v) is 7.95. The summed E-state index contributed by atoms with van der Waals surface area (Å²) in [6.07, 6.45) is 4.94. The number of ether oxygens (including phenoxy) is 1. The molecule has 2 aliphatic heterocycles. The van der Waals surface area contributed by atoms with E-state index in [1.165, 1.54) is 27.9 Å². The number of aryl methyl sites for hydroxylation is 1. The van der Waals surface area contributed by atoms with Crippen molar-refractivity contribution < 1.29 is 14.6 Å². The van der Waals surface area contributed by atoms with Gasteiger partial charge in [-0.05, 0) is 77.8 Å². The Labute approximate surface area is 194 Å². The number of nitrogens with zero attached hydrogens (tertiary/aromatic N) is 1. The molecule has 3 aromatic rings. The fourth-order valence-electron chi connectivity index (χ4n) is 6.22. The standard InChI is InChI=1S/C29H29NO3/c31-18-20-12-15-30(16-13-20)24-7-5-22(6-8-24)28-26-10-9-25(32)17-23(26)19-33-29(28)14-11-21-3-1-2-4-27(21)29/h1-10,17-18,20,28,32H,11-16,19H2/t28-,29-/m1/s1. The van der Waals surface area contributed by atoms with Crippen molar-refractivity contribution in [2.75, 3.05) is 18.0 Å². The Kier molecular flexibility index (Phi) is 4.99. The van der Waals surface area contributed by atoms with Crippen LogP contribution >= 0.6 is 0 Å². The van der Waals surface area contributed by atoms with E-state index in [9.17, 15) is 9.90 Å². The molecule has 0 radical (unpaired) electrons. The van der Waals surface area contributed by atoms with E-state index in [2.05, 4.69) is 59.5 Å². The lowest BCUT2D eigenvalue weighted by molar-refractivity contribution is -0.111. The largest absolute Gasteiger partial charge is 0.508 e. The minimum atomic E-state index is -0.385. The van der Waals surface area contributed by atoms with Crippen LogP contribution in [0.15, 0.2) is 66.7 Å². The highest BCUT2D eigenvalue weighted by Gasteiger charge is 2.50. The van der Waals surface area contributed by atoms with Crippen LogP contribution in [0.3, 0.4) is 0 Å². The van der Waals surface area contributed by atoms with Crippen molar-refractivity contribution in [1.82, 2.24) is 0 Å². The second-order valence-electron chi connectivity index (χ2n) is 9.70. The molecule has 1 aliphatic carbocycles. The minimum absolute atomic E-state index is 0.0698. The fraction of sp³-hybridized carbons (Fsp3) is 0.345. The van der Waals surface area contributed by atoms with Gasteiger partial charge in [0.05, 0.1) is 6.61 Å². The number of carbonyl (C=O) groups excluding carboxylic acids is 1. The Morgan fingerprint density at radius 2 is 1.76 bits per heavy atom. The molecule has 6 rings (SSSR count). The average Bonchev–Trinajstić information content (AvgIpc) is 3.23. The summed E-state index contributed by atoms with van der Waals surface area (Å²) >= 11 is 0. The van der Waals surface area contributed by atoms with Crippen molar-refractivity contribution in [2.45, 2.75) is 43.8 Å². The topological polar surface area (TPSA) is 49.8 Å². The van der Waals surface area contributed by atoms with E-state index in [0.29, 0.717) is 6.61 Å². The Balaban J connectivity index is 1.40. The quantitative estimate of drug-likeness (QED) is 0.562. The maximum Gasteiger partial charge on any atom is 0.123 e. The van der Waals surface area contributed by atoms with Crippen molar-refractivity contribution in [3.05, 3.63) is 94.5 Å². The summed E-state index contributed by atoms with van der Waals surface area (Å²) in [6, 6.07) is 23.4. The zero-order chi connectivity index (χ0) is 22.4. The van der Waals surface area contributed by atoms with Crippen LogP contribution in [0.2, 0.25) is 0 Å². The molecular formula is C29H29NO3. The third kappa shape index (κ3) is 3.36. The zero-order valence-corrected chi connectivity index (χ0v) is 18.7. The maximum atomic E-state index is 11.1. The van der Waals surface area contributed by atoms with Crippen LogP contribution in [-0.2, 0) is 28.2 Å². The smallest absolute Gasteiger partial charge is 0.123 e. The molecule has 0 bridgehead atoms. The van der Waals surface area contributed by atoms with E-state index >= 15 is 0 Å². The molecule has 1 N–H and O–H groups in total. The van der Waals surface area contributed by atoms with E-state index in [1.54, 1.807) is 6.07 Å². The summed E-state index contributed by atoms with van der Waals surface area (Å²) < 4.78 is 6.72. The highest BCUT2D eigenvalue weighted by Crippen LogP contribution is 2.55. The maximum absolute atomic E-state index is 11.1. The van der Waals surface area contributed by atoms with Gasteiger partial charge in [-0.2, -0.15) is 0 Å². The van der Waals surface area contributed by atoms with Gasteiger partial charge in [0.25, 0.3) is 0 Å². The first-order chi connectivity index (χ1) is 16.2. The molecule has 1 spiro atoms. The van der Waals surface area contributed by atoms with Crippen molar-refractivity contribution in [3.63, 3.8) is 0 Å². The lowest BCUT2D eigenvalue weighted by Crippen LogP contribution is -2.39. The number of piperidine rings is 1. The zero-order valence-electron chi connectivity index (χ0n) is 18.7. The Morgan fingerprint density at radius 1 is 0.970 bits per heavy atom. The van der Waals surface area contributed by atoms with Crippen molar-refractivity contribution in [2.24, 2.45) is 5.92 Å². The fourth-order valence-corrected chi connectivity index (χ4v) is 6.22. The number of hydrogen-bond acceptors (Lipinski definition) is 4. The normalized spacial score (nSPS) is 24.5. The molecule has 2 atom stereocenters. The van der Waals surface area contributed by atoms with Gasteiger partial charge in [0, 0.05) is 30.6 Å². The number of anilines is 1. The molecule has 168 valence electrons. The van der Waals surface area contributed by atoms with Gasteiger partial charge in [-0.1, -0.05) is 42.5 Å². The molecule has 0 amide bonds. The number of hydrogen-bond donors (Lipinski definition) is 1. The lowest BCUT2D eigenvalue weighted by Gasteiger charge is -2.44. The SMILES string of the molecule is O=CC1CCN(c2ccc([C@@H]3c4ccc(O)cc4CO[C@@]34CCc3ccccc34)cc2)CC1. The second kappa shape index (κ2) is 8.03. The first-order valence-corrected chi connectivity index (χ1v) is 12.0. The number of aromatic hydroxyl groups is 1. The number of fused-ring (bicyclic) bond motifs is 3. The Hall–Kier alpha value is -3.11. The highest BCUT2D eigenvalue weighted by molar-refractivity contribution is 5.57. The van der Waals surface area contributed by atoms with Gasteiger partial charge in [-0.15, -0.1) is 0 Å². The van der Waals surface area contributed by atoms with Crippen LogP contribution < -0.4 is 4.90 Å². The van der Waals surface area contributed by atoms with E-state index in [1.807, 2.05) is 6.07 Å². The number of phenolic OH excluding ortho intramolecular Hbond substituents is 1. The van der Waals surface area contributed by atoms with Gasteiger partial charge in [0.2, 0.25) is 0 Å². The highest BCUT2D eigenvalue weighted by atomic mass is 16.5. The summed E-state index contributed by atoms with van der Waals surface area (Å²) in [5.41, 5.74) is 7.06.